The van der Waals surface area contributed by atoms with E-state index in [2.05, 4.69) is 5.32 Å². The maximum absolute atomic E-state index is 11.8. The SMILES string of the molecule is COCC(O)CN(C)C(=O)NCCc1ccc(Cl)cc1. The number of nitrogens with zero attached hydrogens (tertiary/aromatic N) is 1. The van der Waals surface area contributed by atoms with E-state index in [-0.39, 0.29) is 19.2 Å². The van der Waals surface area contributed by atoms with Crippen LogP contribution in [0.4, 0.5) is 4.79 Å². The molecule has 0 spiro atoms. The minimum absolute atomic E-state index is 0.211. The number of likely N-dealkylation sites (N-methyl/N-ethyl adjacent to an activating group) is 1. The smallest absolute Gasteiger partial charge is 0.317 e. The molecule has 6 heteroatoms. The molecule has 0 bridgehead atoms. The van der Waals surface area contributed by atoms with Crippen molar-refractivity contribution in [2.24, 2.45) is 0 Å². The lowest BCUT2D eigenvalue weighted by Gasteiger charge is -2.20. The van der Waals surface area contributed by atoms with Gasteiger partial charge in [-0.2, -0.15) is 0 Å². The molecule has 0 saturated carbocycles. The van der Waals surface area contributed by atoms with Crippen molar-refractivity contribution < 1.29 is 14.6 Å². The Morgan fingerprint density at radius 2 is 2.10 bits per heavy atom. The average molecular weight is 301 g/mol. The molecular weight excluding hydrogens is 280 g/mol. The number of halogens is 1. The second-order valence-electron chi connectivity index (χ2n) is 4.60. The van der Waals surface area contributed by atoms with Crippen molar-refractivity contribution in [1.29, 1.82) is 0 Å². The van der Waals surface area contributed by atoms with Crippen molar-refractivity contribution in [1.82, 2.24) is 10.2 Å². The fourth-order valence-electron chi connectivity index (χ4n) is 1.74. The number of hydrogen-bond donors (Lipinski definition) is 2. The molecule has 112 valence electrons. The molecule has 0 aliphatic rings. The van der Waals surface area contributed by atoms with Gasteiger partial charge in [-0.1, -0.05) is 23.7 Å². The maximum atomic E-state index is 11.8. The van der Waals surface area contributed by atoms with Crippen LogP contribution in [-0.2, 0) is 11.2 Å². The van der Waals surface area contributed by atoms with Gasteiger partial charge in [0.05, 0.1) is 19.3 Å². The molecule has 2 N–H and O–H groups in total. The predicted molar refractivity (Wildman–Crippen MR) is 79.1 cm³/mol. The zero-order valence-electron chi connectivity index (χ0n) is 11.8. The molecule has 20 heavy (non-hydrogen) atoms. The number of aliphatic hydroxyl groups is 1. The highest BCUT2D eigenvalue weighted by molar-refractivity contribution is 6.30. The number of urea groups is 1. The molecule has 0 saturated heterocycles. The van der Waals surface area contributed by atoms with Crippen LogP contribution in [0.5, 0.6) is 0 Å². The van der Waals surface area contributed by atoms with E-state index < -0.39 is 6.10 Å². The molecule has 1 unspecified atom stereocenters. The highest BCUT2D eigenvalue weighted by Crippen LogP contribution is 2.09. The number of carbonyl (C=O) groups excluding carboxylic acids is 1. The van der Waals surface area contributed by atoms with Gasteiger partial charge in [0.25, 0.3) is 0 Å². The zero-order chi connectivity index (χ0) is 15.0. The first-order valence-corrected chi connectivity index (χ1v) is 6.81. The van der Waals surface area contributed by atoms with Crippen molar-refractivity contribution >= 4 is 17.6 Å². The van der Waals surface area contributed by atoms with Crippen molar-refractivity contribution in [2.45, 2.75) is 12.5 Å². The van der Waals surface area contributed by atoms with Crippen molar-refractivity contribution in [3.05, 3.63) is 34.9 Å². The number of carbonyl (C=O) groups is 1. The summed E-state index contributed by atoms with van der Waals surface area (Å²) in [6.07, 6.45) is 0.0594. The summed E-state index contributed by atoms with van der Waals surface area (Å²) in [7, 11) is 3.14. The van der Waals surface area contributed by atoms with Crippen LogP contribution in [0.25, 0.3) is 0 Å². The molecular formula is C14H21ClN2O3. The van der Waals surface area contributed by atoms with Crippen molar-refractivity contribution in [3.63, 3.8) is 0 Å². The average Bonchev–Trinajstić information content (AvgIpc) is 2.41. The summed E-state index contributed by atoms with van der Waals surface area (Å²) in [6, 6.07) is 7.30. The van der Waals surface area contributed by atoms with Gasteiger partial charge in [0.15, 0.2) is 0 Å². The van der Waals surface area contributed by atoms with Crippen LogP contribution in [0, 0.1) is 0 Å². The standard InChI is InChI=1S/C14H21ClN2O3/c1-17(9-13(18)10-20-2)14(19)16-8-7-11-3-5-12(15)6-4-11/h3-6,13,18H,7-10H2,1-2H3,(H,16,19). The monoisotopic (exact) mass is 300 g/mol. The first kappa shape index (κ1) is 16.8. The summed E-state index contributed by atoms with van der Waals surface area (Å²) in [5, 5.41) is 13.0. The van der Waals surface area contributed by atoms with Crippen LogP contribution in [0.15, 0.2) is 24.3 Å². The molecule has 0 aliphatic carbocycles. The second kappa shape index (κ2) is 8.79. The molecule has 0 aromatic heterocycles. The highest BCUT2D eigenvalue weighted by atomic mass is 35.5. The summed E-state index contributed by atoms with van der Waals surface area (Å²) >= 11 is 5.80. The Labute approximate surface area is 124 Å². The van der Waals surface area contributed by atoms with E-state index in [1.54, 1.807) is 7.05 Å². The highest BCUT2D eigenvalue weighted by Gasteiger charge is 2.12. The Hall–Kier alpha value is -1.30. The van der Waals surface area contributed by atoms with E-state index in [1.165, 1.54) is 12.0 Å². The minimum Gasteiger partial charge on any atom is -0.389 e. The minimum atomic E-state index is -0.674. The molecule has 0 heterocycles. The normalized spacial score (nSPS) is 12.0. The maximum Gasteiger partial charge on any atom is 0.317 e. The van der Waals surface area contributed by atoms with Gasteiger partial charge >= 0.3 is 6.03 Å². The van der Waals surface area contributed by atoms with Crippen LogP contribution in [0.1, 0.15) is 5.56 Å². The number of methoxy groups -OCH3 is 1. The van der Waals surface area contributed by atoms with E-state index >= 15 is 0 Å². The Balaban J connectivity index is 2.26. The van der Waals surface area contributed by atoms with Gasteiger partial charge in [-0.15, -0.1) is 0 Å². The van der Waals surface area contributed by atoms with Gasteiger partial charge in [0, 0.05) is 25.7 Å². The number of amides is 2. The first-order valence-electron chi connectivity index (χ1n) is 6.43. The number of aliphatic hydroxyl groups excluding tert-OH is 1. The molecule has 1 atom stereocenters. The fraction of sp³-hybridized carbons (Fsp3) is 0.500. The van der Waals surface area contributed by atoms with Crippen molar-refractivity contribution in [2.75, 3.05) is 33.9 Å². The van der Waals surface area contributed by atoms with Crippen LogP contribution in [0.3, 0.4) is 0 Å². The summed E-state index contributed by atoms with van der Waals surface area (Å²) in [4.78, 5) is 13.2. The van der Waals surface area contributed by atoms with Crippen LogP contribution >= 0.6 is 11.6 Å². The Morgan fingerprint density at radius 3 is 2.70 bits per heavy atom. The lowest BCUT2D eigenvalue weighted by Crippen LogP contribution is -2.42. The molecule has 0 fully saturated rings. The zero-order valence-corrected chi connectivity index (χ0v) is 12.6. The fourth-order valence-corrected chi connectivity index (χ4v) is 1.87. The van der Waals surface area contributed by atoms with E-state index in [9.17, 15) is 9.90 Å². The molecule has 1 aromatic rings. The molecule has 1 rings (SSSR count). The van der Waals surface area contributed by atoms with Gasteiger partial charge in [-0.3, -0.25) is 0 Å². The largest absolute Gasteiger partial charge is 0.389 e. The summed E-state index contributed by atoms with van der Waals surface area (Å²) in [5.41, 5.74) is 1.11. The second-order valence-corrected chi connectivity index (χ2v) is 5.03. The quantitative estimate of drug-likeness (QED) is 0.803. The van der Waals surface area contributed by atoms with Gasteiger partial charge in [-0.05, 0) is 24.1 Å². The molecule has 0 aliphatic heterocycles. The Morgan fingerprint density at radius 1 is 1.45 bits per heavy atom. The lowest BCUT2D eigenvalue weighted by molar-refractivity contribution is 0.0490. The molecule has 5 nitrogen and oxygen atoms in total. The van der Waals surface area contributed by atoms with Crippen LogP contribution in [-0.4, -0.2) is 56.0 Å². The molecule has 2 amide bonds. The summed E-state index contributed by atoms with van der Waals surface area (Å²) in [5.74, 6) is 0. The molecule has 0 radical (unpaired) electrons. The van der Waals surface area contributed by atoms with Gasteiger partial charge < -0.3 is 20.1 Å². The number of ether oxygens (including phenoxy) is 1. The number of rotatable bonds is 7. The number of nitrogens with one attached hydrogen (secondary N) is 1. The third kappa shape index (κ3) is 6.23. The Bertz CT molecular complexity index is 411. The van der Waals surface area contributed by atoms with Gasteiger partial charge in [0.1, 0.15) is 0 Å². The third-order valence-corrected chi connectivity index (χ3v) is 3.05. The third-order valence-electron chi connectivity index (χ3n) is 2.79. The van der Waals surface area contributed by atoms with Crippen LogP contribution < -0.4 is 5.32 Å². The molecule has 1 aromatic carbocycles. The number of hydrogen-bond acceptors (Lipinski definition) is 3. The van der Waals surface area contributed by atoms with E-state index in [4.69, 9.17) is 16.3 Å². The lowest BCUT2D eigenvalue weighted by atomic mass is 10.1. The van der Waals surface area contributed by atoms with Crippen molar-refractivity contribution in [3.8, 4) is 0 Å². The van der Waals surface area contributed by atoms with Crippen LogP contribution in [0.2, 0.25) is 5.02 Å². The summed E-state index contributed by atoms with van der Waals surface area (Å²) < 4.78 is 4.81. The van der Waals surface area contributed by atoms with E-state index in [0.29, 0.717) is 11.6 Å². The van der Waals surface area contributed by atoms with E-state index in [0.717, 1.165) is 12.0 Å². The Kier molecular flexibility index (Phi) is 7.36. The van der Waals surface area contributed by atoms with E-state index in [1.807, 2.05) is 24.3 Å². The predicted octanol–water partition coefficient (Wildman–Crippen LogP) is 1.53. The summed E-state index contributed by atoms with van der Waals surface area (Å²) in [6.45, 7) is 0.980. The first-order chi connectivity index (χ1) is 9.52. The number of benzene rings is 1. The van der Waals surface area contributed by atoms with Gasteiger partial charge in [-0.25, -0.2) is 4.79 Å². The topological polar surface area (TPSA) is 61.8 Å². The van der Waals surface area contributed by atoms with Gasteiger partial charge in [0.2, 0.25) is 0 Å².